The minimum absolute atomic E-state index is 0.0225. The first kappa shape index (κ1) is 16.8. The van der Waals surface area contributed by atoms with Gasteiger partial charge in [-0.15, -0.1) is 0 Å². The van der Waals surface area contributed by atoms with Crippen LogP contribution in [0, 0.1) is 12.8 Å². The first-order valence-electron chi connectivity index (χ1n) is 8.31. The monoisotopic (exact) mass is 304 g/mol. The van der Waals surface area contributed by atoms with Gasteiger partial charge in [0.15, 0.2) is 0 Å². The smallest absolute Gasteiger partial charge is 0.223 e. The largest absolute Gasteiger partial charge is 0.493 e. The van der Waals surface area contributed by atoms with Crippen molar-refractivity contribution in [3.63, 3.8) is 0 Å². The van der Waals surface area contributed by atoms with E-state index >= 15 is 0 Å². The van der Waals surface area contributed by atoms with E-state index in [1.54, 1.807) is 0 Å². The molecule has 1 heterocycles. The van der Waals surface area contributed by atoms with Crippen LogP contribution < -0.4 is 15.8 Å². The summed E-state index contributed by atoms with van der Waals surface area (Å²) in [6, 6.07) is 4.13. The second-order valence-corrected chi connectivity index (χ2v) is 6.27. The van der Waals surface area contributed by atoms with E-state index < -0.39 is 0 Å². The molecule has 1 aromatic rings. The minimum Gasteiger partial charge on any atom is -0.493 e. The summed E-state index contributed by atoms with van der Waals surface area (Å²) in [7, 11) is 0. The van der Waals surface area contributed by atoms with Crippen molar-refractivity contribution in [2.75, 3.05) is 6.61 Å². The maximum Gasteiger partial charge on any atom is 0.223 e. The lowest BCUT2D eigenvalue weighted by atomic mass is 9.92. The predicted molar refractivity (Wildman–Crippen MR) is 88.8 cm³/mol. The Morgan fingerprint density at radius 2 is 2.09 bits per heavy atom. The number of carbonyl (C=O) groups excluding carboxylic acids is 1. The highest BCUT2D eigenvalue weighted by atomic mass is 16.5. The van der Waals surface area contributed by atoms with Gasteiger partial charge < -0.3 is 15.8 Å². The molecule has 0 spiro atoms. The summed E-state index contributed by atoms with van der Waals surface area (Å²) in [4.78, 5) is 12.4. The van der Waals surface area contributed by atoms with Crippen LogP contribution in [0.5, 0.6) is 5.75 Å². The number of hydrogen-bond acceptors (Lipinski definition) is 3. The summed E-state index contributed by atoms with van der Waals surface area (Å²) < 4.78 is 5.86. The standard InChI is InChI=1S/C18H28N2O2/c1-5-13(6-2)18(21)20-16-7-8-22-17-14(12(4)19)9-11(3)10-15(16)17/h9-10,12-13,16H,5-8,19H2,1-4H3,(H,20,21). The van der Waals surface area contributed by atoms with Crippen LogP contribution in [0.25, 0.3) is 0 Å². The number of fused-ring (bicyclic) bond motifs is 1. The Morgan fingerprint density at radius 3 is 2.68 bits per heavy atom. The molecule has 0 saturated carbocycles. The van der Waals surface area contributed by atoms with Crippen LogP contribution in [-0.2, 0) is 4.79 Å². The molecule has 4 nitrogen and oxygen atoms in total. The van der Waals surface area contributed by atoms with Gasteiger partial charge in [-0.3, -0.25) is 4.79 Å². The maximum atomic E-state index is 12.4. The number of aryl methyl sites for hydroxylation is 1. The molecule has 1 aliphatic heterocycles. The molecule has 0 fully saturated rings. The third-order valence-corrected chi connectivity index (χ3v) is 4.48. The van der Waals surface area contributed by atoms with Crippen LogP contribution in [0.1, 0.15) is 68.8 Å². The fourth-order valence-electron chi connectivity index (χ4n) is 3.13. The van der Waals surface area contributed by atoms with Crippen molar-refractivity contribution < 1.29 is 9.53 Å². The zero-order valence-corrected chi connectivity index (χ0v) is 14.1. The van der Waals surface area contributed by atoms with Gasteiger partial charge in [-0.1, -0.05) is 31.5 Å². The number of amides is 1. The van der Waals surface area contributed by atoms with Crippen molar-refractivity contribution >= 4 is 5.91 Å². The van der Waals surface area contributed by atoms with E-state index in [1.807, 2.05) is 6.92 Å². The molecule has 3 N–H and O–H groups in total. The van der Waals surface area contributed by atoms with Gasteiger partial charge in [0.05, 0.1) is 12.6 Å². The van der Waals surface area contributed by atoms with Gasteiger partial charge in [-0.2, -0.15) is 0 Å². The van der Waals surface area contributed by atoms with Crippen LogP contribution in [-0.4, -0.2) is 12.5 Å². The molecule has 4 heteroatoms. The number of benzene rings is 1. The van der Waals surface area contributed by atoms with E-state index in [0.29, 0.717) is 6.61 Å². The number of carbonyl (C=O) groups is 1. The van der Waals surface area contributed by atoms with Gasteiger partial charge in [0.2, 0.25) is 5.91 Å². The SMILES string of the molecule is CCC(CC)C(=O)NC1CCOc2c(C(C)N)cc(C)cc21. The maximum absolute atomic E-state index is 12.4. The summed E-state index contributed by atoms with van der Waals surface area (Å²) >= 11 is 0. The summed E-state index contributed by atoms with van der Waals surface area (Å²) in [6.07, 6.45) is 2.55. The second-order valence-electron chi connectivity index (χ2n) is 6.27. The van der Waals surface area contributed by atoms with Gasteiger partial charge >= 0.3 is 0 Å². The molecular formula is C18H28N2O2. The molecule has 2 unspecified atom stereocenters. The summed E-state index contributed by atoms with van der Waals surface area (Å²) in [5, 5.41) is 3.21. The Labute approximate surface area is 133 Å². The molecule has 1 amide bonds. The van der Waals surface area contributed by atoms with Gasteiger partial charge in [0.1, 0.15) is 5.75 Å². The van der Waals surface area contributed by atoms with E-state index in [1.165, 1.54) is 0 Å². The van der Waals surface area contributed by atoms with Crippen molar-refractivity contribution in [1.82, 2.24) is 5.32 Å². The third kappa shape index (κ3) is 3.43. The molecule has 0 saturated heterocycles. The Morgan fingerprint density at radius 1 is 1.41 bits per heavy atom. The van der Waals surface area contributed by atoms with Gasteiger partial charge in [0, 0.05) is 29.5 Å². The molecule has 2 atom stereocenters. The van der Waals surface area contributed by atoms with Crippen LogP contribution >= 0.6 is 0 Å². The van der Waals surface area contributed by atoms with Crippen LogP contribution in [0.3, 0.4) is 0 Å². The molecule has 0 bridgehead atoms. The minimum atomic E-state index is -0.0814. The number of ether oxygens (including phenoxy) is 1. The Hall–Kier alpha value is -1.55. The first-order chi connectivity index (χ1) is 10.5. The van der Waals surface area contributed by atoms with E-state index in [9.17, 15) is 4.79 Å². The molecule has 122 valence electrons. The lowest BCUT2D eigenvalue weighted by Crippen LogP contribution is -2.36. The quantitative estimate of drug-likeness (QED) is 0.876. The van der Waals surface area contributed by atoms with Gasteiger partial charge in [-0.25, -0.2) is 0 Å². The summed E-state index contributed by atoms with van der Waals surface area (Å²) in [5.41, 5.74) is 9.32. The van der Waals surface area contributed by atoms with Crippen LogP contribution in [0.2, 0.25) is 0 Å². The van der Waals surface area contributed by atoms with E-state index in [-0.39, 0.29) is 23.9 Å². The Bertz CT molecular complexity index is 536. The molecule has 2 rings (SSSR count). The number of hydrogen-bond donors (Lipinski definition) is 2. The molecule has 0 aromatic heterocycles. The highest BCUT2D eigenvalue weighted by Crippen LogP contribution is 2.38. The van der Waals surface area contributed by atoms with Gasteiger partial charge in [0.25, 0.3) is 0 Å². The van der Waals surface area contributed by atoms with Crippen molar-refractivity contribution in [1.29, 1.82) is 0 Å². The lowest BCUT2D eigenvalue weighted by molar-refractivity contribution is -0.126. The van der Waals surface area contributed by atoms with E-state index in [4.69, 9.17) is 10.5 Å². The molecular weight excluding hydrogens is 276 g/mol. The highest BCUT2D eigenvalue weighted by Gasteiger charge is 2.28. The number of rotatable bonds is 5. The van der Waals surface area contributed by atoms with Crippen molar-refractivity contribution in [3.8, 4) is 5.75 Å². The fraction of sp³-hybridized carbons (Fsp3) is 0.611. The van der Waals surface area contributed by atoms with Crippen molar-refractivity contribution in [2.45, 2.75) is 59.0 Å². The molecule has 0 radical (unpaired) electrons. The molecule has 0 aliphatic carbocycles. The highest BCUT2D eigenvalue weighted by molar-refractivity contribution is 5.79. The van der Waals surface area contributed by atoms with E-state index in [0.717, 1.165) is 41.7 Å². The summed E-state index contributed by atoms with van der Waals surface area (Å²) in [5.74, 6) is 1.09. The normalized spacial score (nSPS) is 18.5. The predicted octanol–water partition coefficient (Wildman–Crippen LogP) is 3.39. The van der Waals surface area contributed by atoms with Crippen LogP contribution in [0.15, 0.2) is 12.1 Å². The van der Waals surface area contributed by atoms with Crippen molar-refractivity contribution in [2.24, 2.45) is 11.7 Å². The zero-order valence-electron chi connectivity index (χ0n) is 14.1. The molecule has 22 heavy (non-hydrogen) atoms. The topological polar surface area (TPSA) is 64.3 Å². The zero-order chi connectivity index (χ0) is 16.3. The van der Waals surface area contributed by atoms with E-state index in [2.05, 4.69) is 38.2 Å². The Kier molecular flexibility index (Phi) is 5.46. The van der Waals surface area contributed by atoms with Crippen LogP contribution in [0.4, 0.5) is 0 Å². The number of nitrogens with two attached hydrogens (primary N) is 1. The lowest BCUT2D eigenvalue weighted by Gasteiger charge is -2.30. The third-order valence-electron chi connectivity index (χ3n) is 4.48. The van der Waals surface area contributed by atoms with Crippen molar-refractivity contribution in [3.05, 3.63) is 28.8 Å². The fourth-order valence-corrected chi connectivity index (χ4v) is 3.13. The Balaban J connectivity index is 2.30. The number of nitrogens with one attached hydrogen (secondary N) is 1. The molecule has 1 aromatic carbocycles. The average molecular weight is 304 g/mol. The first-order valence-corrected chi connectivity index (χ1v) is 8.31. The second kappa shape index (κ2) is 7.14. The van der Waals surface area contributed by atoms with Gasteiger partial charge in [-0.05, 0) is 26.7 Å². The molecule has 1 aliphatic rings. The summed E-state index contributed by atoms with van der Waals surface area (Å²) in [6.45, 7) is 8.75. The average Bonchev–Trinajstić information content (AvgIpc) is 2.48.